The van der Waals surface area contributed by atoms with Crippen molar-refractivity contribution in [2.45, 2.75) is 25.3 Å². The van der Waals surface area contributed by atoms with Gasteiger partial charge in [0.25, 0.3) is 6.43 Å². The molecule has 7 nitrogen and oxygen atoms in total. The van der Waals surface area contributed by atoms with Crippen molar-refractivity contribution in [3.8, 4) is 28.1 Å². The van der Waals surface area contributed by atoms with E-state index in [0.29, 0.717) is 17.5 Å². The standard InChI is InChI=1S/C22H21F2IN6OS/c1-32-22-18(11-30(29-22)15-3-5-26-6-4-15)14-8-16-17(12-31(33-25)21(16)28-10-14)13-2-7-27-19(9-13)20(23)24/h2,7-12,15,20,26H,3-6H2,1H3. The molecule has 0 spiro atoms. The molecule has 0 atom stereocenters. The third kappa shape index (κ3) is 4.33. The minimum Gasteiger partial charge on any atom is -0.479 e. The minimum absolute atomic E-state index is 0.246. The van der Waals surface area contributed by atoms with Crippen LogP contribution in [0.15, 0.2) is 43.0 Å². The Morgan fingerprint density at radius 3 is 2.70 bits per heavy atom. The molecular weight excluding hydrogens is 561 g/mol. The number of rotatable bonds is 6. The van der Waals surface area contributed by atoms with Crippen LogP contribution in [0.5, 0.6) is 5.88 Å². The second-order valence-corrected chi connectivity index (χ2v) is 9.53. The highest BCUT2D eigenvalue weighted by Gasteiger charge is 2.21. The van der Waals surface area contributed by atoms with E-state index in [0.717, 1.165) is 53.7 Å². The van der Waals surface area contributed by atoms with Gasteiger partial charge in [-0.05, 0) is 49.7 Å². The van der Waals surface area contributed by atoms with Crippen LogP contribution in [0.1, 0.15) is 31.0 Å². The molecule has 1 aliphatic heterocycles. The van der Waals surface area contributed by atoms with Crippen LogP contribution in [0.4, 0.5) is 8.78 Å². The number of aromatic nitrogens is 5. The molecule has 5 rings (SSSR count). The molecule has 0 amide bonds. The van der Waals surface area contributed by atoms with E-state index in [-0.39, 0.29) is 5.69 Å². The molecule has 0 radical (unpaired) electrons. The van der Waals surface area contributed by atoms with Crippen molar-refractivity contribution in [1.29, 1.82) is 0 Å². The third-order valence-corrected chi connectivity index (χ3v) is 7.59. The Kier molecular flexibility index (Phi) is 6.52. The van der Waals surface area contributed by atoms with Gasteiger partial charge in [0.2, 0.25) is 5.88 Å². The number of nitrogens with zero attached hydrogens (tertiary/aromatic N) is 5. The van der Waals surface area contributed by atoms with Crippen LogP contribution in [-0.2, 0) is 0 Å². The summed E-state index contributed by atoms with van der Waals surface area (Å²) in [6.07, 6.45) is 6.54. The molecule has 0 unspecified atom stereocenters. The number of nitrogens with one attached hydrogen (secondary N) is 1. The Balaban J connectivity index is 1.62. The Morgan fingerprint density at radius 2 is 1.97 bits per heavy atom. The van der Waals surface area contributed by atoms with E-state index >= 15 is 0 Å². The number of alkyl halides is 2. The zero-order chi connectivity index (χ0) is 22.9. The van der Waals surface area contributed by atoms with Crippen LogP contribution in [0.3, 0.4) is 0 Å². The van der Waals surface area contributed by atoms with Crippen molar-refractivity contribution in [3.05, 3.63) is 48.7 Å². The van der Waals surface area contributed by atoms with E-state index in [1.165, 1.54) is 21.4 Å². The maximum absolute atomic E-state index is 13.3. The van der Waals surface area contributed by atoms with Crippen LogP contribution < -0.4 is 10.1 Å². The number of hydrogen-bond acceptors (Lipinski definition) is 6. The molecule has 1 N–H and O–H groups in total. The van der Waals surface area contributed by atoms with Crippen LogP contribution in [0.2, 0.25) is 0 Å². The molecule has 5 heterocycles. The highest BCUT2D eigenvalue weighted by atomic mass is 127. The molecule has 0 aliphatic carbocycles. The predicted molar refractivity (Wildman–Crippen MR) is 134 cm³/mol. The Morgan fingerprint density at radius 1 is 1.15 bits per heavy atom. The molecule has 4 aromatic rings. The zero-order valence-electron chi connectivity index (χ0n) is 17.7. The highest BCUT2D eigenvalue weighted by molar-refractivity contribution is 14.2. The maximum Gasteiger partial charge on any atom is 0.280 e. The first-order chi connectivity index (χ1) is 16.1. The number of piperidine rings is 1. The first-order valence-electron chi connectivity index (χ1n) is 10.5. The number of ether oxygens (including phenoxy) is 1. The summed E-state index contributed by atoms with van der Waals surface area (Å²) in [5.41, 5.74) is 3.72. The lowest BCUT2D eigenvalue weighted by molar-refractivity contribution is 0.146. The van der Waals surface area contributed by atoms with Crippen molar-refractivity contribution in [1.82, 2.24) is 29.0 Å². The Bertz CT molecular complexity index is 1290. The van der Waals surface area contributed by atoms with Gasteiger partial charge in [-0.3, -0.25) is 13.6 Å². The summed E-state index contributed by atoms with van der Waals surface area (Å²) in [7, 11) is 3.08. The van der Waals surface area contributed by atoms with Gasteiger partial charge in [-0.2, -0.15) is 0 Å². The normalized spacial score (nSPS) is 14.9. The summed E-state index contributed by atoms with van der Waals surface area (Å²) < 4.78 is 36.0. The molecule has 33 heavy (non-hydrogen) atoms. The fourth-order valence-electron chi connectivity index (χ4n) is 4.23. The third-order valence-electron chi connectivity index (χ3n) is 5.89. The SMILES string of the molecule is COc1nn(C2CCNCC2)cc1-c1cnc2c(c1)c(-c1ccnc(C(F)F)c1)cn2SI. The fraction of sp³-hybridized carbons (Fsp3) is 0.318. The van der Waals surface area contributed by atoms with Gasteiger partial charge >= 0.3 is 0 Å². The van der Waals surface area contributed by atoms with Gasteiger partial charge in [0.15, 0.2) is 5.65 Å². The number of methoxy groups -OCH3 is 1. The van der Waals surface area contributed by atoms with Crippen molar-refractivity contribution < 1.29 is 13.5 Å². The molecule has 0 saturated carbocycles. The largest absolute Gasteiger partial charge is 0.479 e. The Labute approximate surface area is 205 Å². The van der Waals surface area contributed by atoms with Crippen molar-refractivity contribution in [2.24, 2.45) is 0 Å². The fourth-order valence-corrected chi connectivity index (χ4v) is 5.48. The van der Waals surface area contributed by atoms with Gasteiger partial charge in [-0.1, -0.05) is 0 Å². The van der Waals surface area contributed by atoms with Gasteiger partial charge in [-0.15, -0.1) is 5.10 Å². The smallest absolute Gasteiger partial charge is 0.280 e. The van der Waals surface area contributed by atoms with Gasteiger partial charge < -0.3 is 10.1 Å². The van der Waals surface area contributed by atoms with Crippen LogP contribution in [0, 0.1) is 0 Å². The summed E-state index contributed by atoms with van der Waals surface area (Å²) in [5.74, 6) is 0.544. The summed E-state index contributed by atoms with van der Waals surface area (Å²) in [6, 6.07) is 5.52. The Hall–Kier alpha value is -2.25. The maximum atomic E-state index is 13.3. The van der Waals surface area contributed by atoms with E-state index < -0.39 is 6.43 Å². The number of fused-ring (bicyclic) bond motifs is 1. The van der Waals surface area contributed by atoms with E-state index in [9.17, 15) is 8.78 Å². The van der Waals surface area contributed by atoms with Crippen LogP contribution in [-0.4, -0.2) is 43.9 Å². The molecule has 0 bridgehead atoms. The zero-order valence-corrected chi connectivity index (χ0v) is 20.7. The second kappa shape index (κ2) is 9.55. The molecule has 1 aliphatic rings. The van der Waals surface area contributed by atoms with E-state index in [1.54, 1.807) is 19.4 Å². The molecule has 0 aromatic carbocycles. The highest BCUT2D eigenvalue weighted by Crippen LogP contribution is 2.38. The molecule has 11 heteroatoms. The van der Waals surface area contributed by atoms with E-state index in [2.05, 4.69) is 36.6 Å². The number of halogens is 3. The topological polar surface area (TPSA) is 69.8 Å². The van der Waals surface area contributed by atoms with Gasteiger partial charge in [0.1, 0.15) is 5.69 Å². The first-order valence-corrected chi connectivity index (χ1v) is 13.8. The van der Waals surface area contributed by atoms with Crippen LogP contribution in [0.25, 0.3) is 33.3 Å². The average molecular weight is 582 g/mol. The number of pyridine rings is 2. The number of hydrogen-bond donors (Lipinski definition) is 1. The lowest BCUT2D eigenvalue weighted by atomic mass is 10.0. The molecule has 4 aromatic heterocycles. The van der Waals surface area contributed by atoms with Gasteiger partial charge in [0.05, 0.1) is 18.7 Å². The summed E-state index contributed by atoms with van der Waals surface area (Å²) in [4.78, 5) is 8.50. The lowest BCUT2D eigenvalue weighted by Crippen LogP contribution is -2.29. The van der Waals surface area contributed by atoms with Crippen molar-refractivity contribution in [2.75, 3.05) is 20.2 Å². The quantitative estimate of drug-likeness (QED) is 0.295. The molecule has 1 fully saturated rings. The minimum atomic E-state index is -2.63. The lowest BCUT2D eigenvalue weighted by Gasteiger charge is -2.22. The predicted octanol–water partition coefficient (Wildman–Crippen LogP) is 5.68. The summed E-state index contributed by atoms with van der Waals surface area (Å²) >= 11 is 2.18. The molecule has 172 valence electrons. The monoisotopic (exact) mass is 582 g/mol. The summed E-state index contributed by atoms with van der Waals surface area (Å²) in [6.45, 7) is 1.93. The van der Waals surface area contributed by atoms with Gasteiger partial charge in [-0.25, -0.2) is 13.8 Å². The van der Waals surface area contributed by atoms with Crippen molar-refractivity contribution in [3.63, 3.8) is 0 Å². The second-order valence-electron chi connectivity index (χ2n) is 7.82. The summed E-state index contributed by atoms with van der Waals surface area (Å²) in [5, 5.41) is 8.91. The van der Waals surface area contributed by atoms with E-state index in [4.69, 9.17) is 9.72 Å². The van der Waals surface area contributed by atoms with Crippen LogP contribution >= 0.6 is 30.3 Å². The van der Waals surface area contributed by atoms with Crippen molar-refractivity contribution >= 4 is 41.4 Å². The molecular formula is C22H21F2IN6OS. The van der Waals surface area contributed by atoms with Gasteiger partial charge in [0, 0.05) is 71.6 Å². The average Bonchev–Trinajstić information content (AvgIpc) is 3.46. The van der Waals surface area contributed by atoms with E-state index in [1.807, 2.05) is 27.1 Å². The first kappa shape index (κ1) is 22.5. The molecule has 1 saturated heterocycles.